The maximum Gasteiger partial charge on any atom is 0.247 e. The molecule has 2 amide bonds. The first kappa shape index (κ1) is 16.2. The van der Waals surface area contributed by atoms with E-state index >= 15 is 0 Å². The second-order valence-electron chi connectivity index (χ2n) is 6.21. The Morgan fingerprint density at radius 1 is 1.33 bits per heavy atom. The van der Waals surface area contributed by atoms with Gasteiger partial charge in [-0.2, -0.15) is 4.98 Å². The van der Waals surface area contributed by atoms with E-state index in [1.54, 1.807) is 18.0 Å². The van der Waals surface area contributed by atoms with Crippen molar-refractivity contribution >= 4 is 23.6 Å². The molecule has 2 aliphatic rings. The smallest absolute Gasteiger partial charge is 0.247 e. The molecule has 0 spiro atoms. The Bertz CT molecular complexity index is 704. The normalized spacial score (nSPS) is 21.1. The van der Waals surface area contributed by atoms with E-state index in [0.29, 0.717) is 26.1 Å². The van der Waals surface area contributed by atoms with E-state index in [-0.39, 0.29) is 24.3 Å². The molecule has 0 radical (unpaired) electrons. The van der Waals surface area contributed by atoms with Crippen molar-refractivity contribution in [1.82, 2.24) is 19.8 Å². The van der Waals surface area contributed by atoms with Gasteiger partial charge in [-0.25, -0.2) is 4.98 Å². The van der Waals surface area contributed by atoms with Crippen LogP contribution in [0, 0.1) is 6.92 Å². The zero-order valence-electron chi connectivity index (χ0n) is 14.0. The van der Waals surface area contributed by atoms with Crippen LogP contribution in [0.15, 0.2) is 12.7 Å². The highest BCUT2D eigenvalue weighted by molar-refractivity contribution is 5.95. The van der Waals surface area contributed by atoms with Gasteiger partial charge in [-0.3, -0.25) is 9.59 Å². The van der Waals surface area contributed by atoms with Crippen LogP contribution in [-0.4, -0.2) is 70.9 Å². The average Bonchev–Trinajstić information content (AvgIpc) is 2.54. The summed E-state index contributed by atoms with van der Waals surface area (Å²) in [7, 11) is 1.66. The van der Waals surface area contributed by atoms with Gasteiger partial charge in [-0.05, 0) is 13.3 Å². The number of aryl methyl sites for hydroxylation is 1. The van der Waals surface area contributed by atoms with Gasteiger partial charge in [-0.1, -0.05) is 6.08 Å². The minimum atomic E-state index is -0.474. The second-order valence-corrected chi connectivity index (χ2v) is 6.21. The minimum Gasteiger partial charge on any atom is -0.368 e. The molecule has 8 heteroatoms. The number of nitrogen functional groups attached to an aromatic ring is 1. The summed E-state index contributed by atoms with van der Waals surface area (Å²) in [5.41, 5.74) is 7.58. The Balaban J connectivity index is 1.93. The first-order valence-corrected chi connectivity index (χ1v) is 7.95. The molecule has 2 saturated heterocycles. The first-order valence-electron chi connectivity index (χ1n) is 7.95. The van der Waals surface area contributed by atoms with Crippen LogP contribution >= 0.6 is 0 Å². The number of rotatable bonds is 3. The SMILES string of the molecule is C=CCc1c(C)nc(N)nc1N1CCN2C(=O)CN(C)C(=O)[C@@H]2C1. The lowest BCUT2D eigenvalue weighted by Crippen LogP contribution is -2.66. The van der Waals surface area contributed by atoms with E-state index in [9.17, 15) is 9.59 Å². The maximum absolute atomic E-state index is 12.5. The van der Waals surface area contributed by atoms with Gasteiger partial charge in [0, 0.05) is 37.9 Å². The molecule has 0 aromatic carbocycles. The number of piperazine rings is 2. The van der Waals surface area contributed by atoms with Crippen molar-refractivity contribution in [3.8, 4) is 0 Å². The van der Waals surface area contributed by atoms with E-state index in [0.717, 1.165) is 17.1 Å². The Morgan fingerprint density at radius 3 is 2.79 bits per heavy atom. The third-order valence-corrected chi connectivity index (χ3v) is 4.59. The van der Waals surface area contributed by atoms with Gasteiger partial charge >= 0.3 is 0 Å². The van der Waals surface area contributed by atoms with Crippen LogP contribution < -0.4 is 10.6 Å². The number of aromatic nitrogens is 2. The molecule has 2 N–H and O–H groups in total. The molecule has 2 aliphatic heterocycles. The Labute approximate surface area is 140 Å². The summed E-state index contributed by atoms with van der Waals surface area (Å²) in [4.78, 5) is 38.4. The monoisotopic (exact) mass is 330 g/mol. The van der Waals surface area contributed by atoms with Crippen molar-refractivity contribution in [1.29, 1.82) is 0 Å². The van der Waals surface area contributed by atoms with Crippen LogP contribution in [0.1, 0.15) is 11.3 Å². The lowest BCUT2D eigenvalue weighted by molar-refractivity contribution is -0.154. The van der Waals surface area contributed by atoms with Gasteiger partial charge in [0.1, 0.15) is 11.9 Å². The molecule has 2 fully saturated rings. The van der Waals surface area contributed by atoms with Crippen LogP contribution in [0.5, 0.6) is 0 Å². The summed E-state index contributed by atoms with van der Waals surface area (Å²) in [6, 6.07) is -0.474. The highest BCUT2D eigenvalue weighted by atomic mass is 16.2. The number of amides is 2. The number of allylic oxidation sites excluding steroid dienone is 1. The highest BCUT2D eigenvalue weighted by Gasteiger charge is 2.41. The Kier molecular flexibility index (Phi) is 4.13. The summed E-state index contributed by atoms with van der Waals surface area (Å²) in [6.07, 6.45) is 2.42. The third kappa shape index (κ3) is 2.68. The summed E-state index contributed by atoms with van der Waals surface area (Å²) < 4.78 is 0. The number of fused-ring (bicyclic) bond motifs is 1. The number of anilines is 2. The maximum atomic E-state index is 12.5. The fraction of sp³-hybridized carbons (Fsp3) is 0.500. The van der Waals surface area contributed by atoms with E-state index < -0.39 is 6.04 Å². The van der Waals surface area contributed by atoms with Crippen molar-refractivity contribution in [2.24, 2.45) is 0 Å². The number of carbonyl (C=O) groups excluding carboxylic acids is 2. The van der Waals surface area contributed by atoms with Crippen LogP contribution in [-0.2, 0) is 16.0 Å². The lowest BCUT2D eigenvalue weighted by atomic mass is 10.1. The minimum absolute atomic E-state index is 0.00792. The first-order chi connectivity index (χ1) is 11.4. The molecule has 24 heavy (non-hydrogen) atoms. The number of nitrogens with two attached hydrogens (primary N) is 1. The average molecular weight is 330 g/mol. The number of carbonyl (C=O) groups is 2. The molecule has 3 rings (SSSR count). The Hall–Kier alpha value is -2.64. The fourth-order valence-corrected chi connectivity index (χ4v) is 3.36. The number of likely N-dealkylation sites (N-methyl/N-ethyl adjacent to an activating group) is 1. The van der Waals surface area contributed by atoms with Crippen molar-refractivity contribution in [3.63, 3.8) is 0 Å². The molecule has 0 unspecified atom stereocenters. The van der Waals surface area contributed by atoms with Crippen LogP contribution in [0.2, 0.25) is 0 Å². The van der Waals surface area contributed by atoms with Crippen molar-refractivity contribution in [3.05, 3.63) is 23.9 Å². The van der Waals surface area contributed by atoms with Crippen molar-refractivity contribution in [2.45, 2.75) is 19.4 Å². The van der Waals surface area contributed by atoms with Crippen molar-refractivity contribution in [2.75, 3.05) is 43.9 Å². The van der Waals surface area contributed by atoms with Gasteiger partial charge in [-0.15, -0.1) is 6.58 Å². The lowest BCUT2D eigenvalue weighted by Gasteiger charge is -2.45. The third-order valence-electron chi connectivity index (χ3n) is 4.59. The molecule has 1 aromatic heterocycles. The van der Waals surface area contributed by atoms with Crippen LogP contribution in [0.3, 0.4) is 0 Å². The molecule has 1 atom stereocenters. The molecule has 0 saturated carbocycles. The zero-order valence-corrected chi connectivity index (χ0v) is 14.0. The molecule has 0 aliphatic carbocycles. The summed E-state index contributed by atoms with van der Waals surface area (Å²) in [5.74, 6) is 0.892. The van der Waals surface area contributed by atoms with Gasteiger partial charge < -0.3 is 20.4 Å². The van der Waals surface area contributed by atoms with Gasteiger partial charge in [0.25, 0.3) is 0 Å². The predicted molar refractivity (Wildman–Crippen MR) is 90.4 cm³/mol. The van der Waals surface area contributed by atoms with E-state index in [4.69, 9.17) is 5.73 Å². The van der Waals surface area contributed by atoms with Gasteiger partial charge in [0.2, 0.25) is 17.8 Å². The number of hydrogen-bond donors (Lipinski definition) is 1. The van der Waals surface area contributed by atoms with Gasteiger partial charge in [0.05, 0.1) is 6.54 Å². The number of nitrogens with zero attached hydrogens (tertiary/aromatic N) is 5. The molecule has 1 aromatic rings. The molecule has 8 nitrogen and oxygen atoms in total. The van der Waals surface area contributed by atoms with E-state index in [1.807, 2.05) is 11.8 Å². The number of hydrogen-bond acceptors (Lipinski definition) is 6. The van der Waals surface area contributed by atoms with E-state index in [1.165, 1.54) is 4.90 Å². The quantitative estimate of drug-likeness (QED) is 0.757. The standard InChI is InChI=1S/C16H22N6O2/c1-4-5-11-10(2)18-16(17)19-14(11)21-6-7-22-12(8-21)15(24)20(3)9-13(22)23/h4,12H,1,5-9H2,2-3H3,(H2,17,18,19)/t12-/m0/s1. The molecule has 3 heterocycles. The summed E-state index contributed by atoms with van der Waals surface area (Å²) in [6.45, 7) is 7.34. The van der Waals surface area contributed by atoms with Crippen LogP contribution in [0.4, 0.5) is 11.8 Å². The fourth-order valence-electron chi connectivity index (χ4n) is 3.36. The van der Waals surface area contributed by atoms with Gasteiger partial charge in [0.15, 0.2) is 0 Å². The molecular weight excluding hydrogens is 308 g/mol. The summed E-state index contributed by atoms with van der Waals surface area (Å²) in [5, 5.41) is 0. The second kappa shape index (κ2) is 6.10. The highest BCUT2D eigenvalue weighted by Crippen LogP contribution is 2.26. The molecular formula is C16H22N6O2. The van der Waals surface area contributed by atoms with Crippen molar-refractivity contribution < 1.29 is 9.59 Å². The summed E-state index contributed by atoms with van der Waals surface area (Å²) >= 11 is 0. The van der Waals surface area contributed by atoms with E-state index in [2.05, 4.69) is 16.5 Å². The zero-order chi connectivity index (χ0) is 17.4. The largest absolute Gasteiger partial charge is 0.368 e. The van der Waals surface area contributed by atoms with Crippen LogP contribution in [0.25, 0.3) is 0 Å². The molecule has 128 valence electrons. The Morgan fingerprint density at radius 2 is 2.08 bits per heavy atom. The topological polar surface area (TPSA) is 95.7 Å². The predicted octanol–water partition coefficient (Wildman–Crippen LogP) is -0.415. The molecule has 0 bridgehead atoms.